The molecule has 19 heavy (non-hydrogen) atoms. The van der Waals surface area contributed by atoms with Gasteiger partial charge in [-0.1, -0.05) is 31.8 Å². The summed E-state index contributed by atoms with van der Waals surface area (Å²) in [5, 5.41) is 1.92. The van der Waals surface area contributed by atoms with Gasteiger partial charge in [-0.25, -0.2) is 4.79 Å². The lowest BCUT2D eigenvalue weighted by atomic mass is 10.2. The summed E-state index contributed by atoms with van der Waals surface area (Å²) in [6.07, 6.45) is 0. The Labute approximate surface area is 113 Å². The standard InChI is InChI=1S/C14H18O4Si/c1-16-10-8-6-7-9-11(10)18-12(14(15)17-2)13(9)19(3,4)5/h6-8H,1-5H3. The Balaban J connectivity index is 2.84. The first-order valence-electron chi connectivity index (χ1n) is 6.08. The molecule has 4 nitrogen and oxygen atoms in total. The van der Waals surface area contributed by atoms with Crippen LogP contribution in [-0.4, -0.2) is 28.3 Å². The molecule has 1 heterocycles. The van der Waals surface area contributed by atoms with Gasteiger partial charge in [0.15, 0.2) is 11.3 Å². The Morgan fingerprint density at radius 2 is 1.89 bits per heavy atom. The highest BCUT2D eigenvalue weighted by Gasteiger charge is 2.31. The minimum Gasteiger partial charge on any atom is -0.493 e. The summed E-state index contributed by atoms with van der Waals surface area (Å²) in [5.74, 6) is 0.504. The number of fused-ring (bicyclic) bond motifs is 1. The normalized spacial score (nSPS) is 11.6. The van der Waals surface area contributed by atoms with E-state index in [0.717, 1.165) is 10.6 Å². The van der Waals surface area contributed by atoms with Gasteiger partial charge in [0.25, 0.3) is 0 Å². The third kappa shape index (κ3) is 2.25. The van der Waals surface area contributed by atoms with Crippen LogP contribution < -0.4 is 9.92 Å². The molecule has 0 radical (unpaired) electrons. The molecule has 0 atom stereocenters. The number of carbonyl (C=O) groups is 1. The van der Waals surface area contributed by atoms with Gasteiger partial charge >= 0.3 is 5.97 Å². The molecule has 102 valence electrons. The molecule has 0 bridgehead atoms. The zero-order valence-corrected chi connectivity index (χ0v) is 12.9. The molecule has 0 fully saturated rings. The summed E-state index contributed by atoms with van der Waals surface area (Å²) >= 11 is 0. The topological polar surface area (TPSA) is 48.7 Å². The fraction of sp³-hybridized carbons (Fsp3) is 0.357. The molecule has 0 saturated heterocycles. The molecule has 0 saturated carbocycles. The van der Waals surface area contributed by atoms with Crippen LogP contribution in [0.25, 0.3) is 11.0 Å². The number of hydrogen-bond acceptors (Lipinski definition) is 4. The lowest BCUT2D eigenvalue weighted by Crippen LogP contribution is -2.40. The van der Waals surface area contributed by atoms with Crippen molar-refractivity contribution in [3.8, 4) is 5.75 Å². The zero-order valence-electron chi connectivity index (χ0n) is 11.9. The first-order chi connectivity index (χ1) is 8.90. The molecule has 0 amide bonds. The number of methoxy groups -OCH3 is 2. The Kier molecular flexibility index (Phi) is 3.41. The van der Waals surface area contributed by atoms with Gasteiger partial charge < -0.3 is 13.9 Å². The third-order valence-electron chi connectivity index (χ3n) is 3.02. The van der Waals surface area contributed by atoms with E-state index >= 15 is 0 Å². The SMILES string of the molecule is COC(=O)c1oc2c(OC)cccc2c1[Si](C)(C)C. The van der Waals surface area contributed by atoms with E-state index in [1.54, 1.807) is 7.11 Å². The van der Waals surface area contributed by atoms with Crippen LogP contribution in [0.5, 0.6) is 5.75 Å². The molecule has 1 aromatic carbocycles. The van der Waals surface area contributed by atoms with E-state index in [2.05, 4.69) is 19.6 Å². The molecule has 2 aromatic rings. The van der Waals surface area contributed by atoms with Crippen molar-refractivity contribution in [2.45, 2.75) is 19.6 Å². The number of benzene rings is 1. The molecular weight excluding hydrogens is 260 g/mol. The Morgan fingerprint density at radius 3 is 2.42 bits per heavy atom. The number of carbonyl (C=O) groups excluding carboxylic acids is 1. The van der Waals surface area contributed by atoms with E-state index < -0.39 is 14.0 Å². The van der Waals surface area contributed by atoms with E-state index in [-0.39, 0.29) is 0 Å². The largest absolute Gasteiger partial charge is 0.493 e. The second-order valence-electron chi connectivity index (χ2n) is 5.38. The van der Waals surface area contributed by atoms with E-state index in [9.17, 15) is 4.79 Å². The Bertz CT molecular complexity index is 622. The van der Waals surface area contributed by atoms with Crippen molar-refractivity contribution in [1.29, 1.82) is 0 Å². The number of furan rings is 1. The lowest BCUT2D eigenvalue weighted by molar-refractivity contribution is 0.0569. The highest BCUT2D eigenvalue weighted by molar-refractivity contribution is 6.91. The number of para-hydroxylation sites is 1. The van der Waals surface area contributed by atoms with Crippen LogP contribution >= 0.6 is 0 Å². The molecule has 0 spiro atoms. The number of hydrogen-bond donors (Lipinski definition) is 0. The predicted molar refractivity (Wildman–Crippen MR) is 77.1 cm³/mol. The first kappa shape index (κ1) is 13.7. The van der Waals surface area contributed by atoms with E-state index in [0.29, 0.717) is 17.1 Å². The molecule has 0 N–H and O–H groups in total. The fourth-order valence-electron chi connectivity index (χ4n) is 2.24. The zero-order chi connectivity index (χ0) is 14.2. The molecule has 2 rings (SSSR count). The molecule has 0 aliphatic heterocycles. The van der Waals surface area contributed by atoms with E-state index in [1.165, 1.54) is 7.11 Å². The summed E-state index contributed by atoms with van der Waals surface area (Å²) in [6, 6.07) is 5.68. The first-order valence-corrected chi connectivity index (χ1v) is 9.58. The van der Waals surface area contributed by atoms with Crippen molar-refractivity contribution in [1.82, 2.24) is 0 Å². The van der Waals surface area contributed by atoms with Gasteiger partial charge in [0.1, 0.15) is 0 Å². The molecule has 1 aromatic heterocycles. The van der Waals surface area contributed by atoms with Gasteiger partial charge in [-0.2, -0.15) is 0 Å². The fourth-order valence-corrected chi connectivity index (χ4v) is 4.07. The molecular formula is C14H18O4Si. The molecule has 5 heteroatoms. The average Bonchev–Trinajstić information content (AvgIpc) is 2.76. The monoisotopic (exact) mass is 278 g/mol. The smallest absolute Gasteiger partial charge is 0.373 e. The number of esters is 1. The molecule has 0 aliphatic rings. The van der Waals surface area contributed by atoms with Gasteiger partial charge in [0.2, 0.25) is 5.76 Å². The van der Waals surface area contributed by atoms with Crippen molar-refractivity contribution in [2.24, 2.45) is 0 Å². The van der Waals surface area contributed by atoms with Gasteiger partial charge in [0, 0.05) is 10.6 Å². The van der Waals surface area contributed by atoms with Crippen molar-refractivity contribution < 1.29 is 18.7 Å². The van der Waals surface area contributed by atoms with Gasteiger partial charge in [-0.15, -0.1) is 0 Å². The maximum absolute atomic E-state index is 11.9. The average molecular weight is 278 g/mol. The van der Waals surface area contributed by atoms with Crippen LogP contribution in [0.3, 0.4) is 0 Å². The quantitative estimate of drug-likeness (QED) is 0.640. The summed E-state index contributed by atoms with van der Waals surface area (Å²) in [7, 11) is 1.19. The second kappa shape index (κ2) is 4.73. The second-order valence-corrected chi connectivity index (χ2v) is 10.4. The summed E-state index contributed by atoms with van der Waals surface area (Å²) < 4.78 is 15.9. The Morgan fingerprint density at radius 1 is 1.21 bits per heavy atom. The summed E-state index contributed by atoms with van der Waals surface area (Å²) in [5.41, 5.74) is 0.614. The van der Waals surface area contributed by atoms with Crippen LogP contribution in [0.15, 0.2) is 22.6 Å². The van der Waals surface area contributed by atoms with Crippen molar-refractivity contribution in [3.63, 3.8) is 0 Å². The van der Waals surface area contributed by atoms with Crippen LogP contribution in [0.2, 0.25) is 19.6 Å². The maximum Gasteiger partial charge on any atom is 0.373 e. The minimum absolute atomic E-state index is 0.307. The highest BCUT2D eigenvalue weighted by atomic mass is 28.3. The van der Waals surface area contributed by atoms with Crippen LogP contribution in [-0.2, 0) is 4.74 Å². The number of ether oxygens (including phenoxy) is 2. The highest BCUT2D eigenvalue weighted by Crippen LogP contribution is 2.29. The van der Waals surface area contributed by atoms with Gasteiger partial charge in [0.05, 0.1) is 22.3 Å². The summed E-state index contributed by atoms with van der Waals surface area (Å²) in [4.78, 5) is 11.9. The van der Waals surface area contributed by atoms with Crippen molar-refractivity contribution in [2.75, 3.05) is 14.2 Å². The third-order valence-corrected chi connectivity index (χ3v) is 5.02. The van der Waals surface area contributed by atoms with Crippen LogP contribution in [0, 0.1) is 0 Å². The van der Waals surface area contributed by atoms with Gasteiger partial charge in [-0.05, 0) is 6.07 Å². The van der Waals surface area contributed by atoms with E-state index in [4.69, 9.17) is 13.9 Å². The predicted octanol–water partition coefficient (Wildman–Crippen LogP) is 2.77. The van der Waals surface area contributed by atoms with Crippen LogP contribution in [0.4, 0.5) is 0 Å². The van der Waals surface area contributed by atoms with Gasteiger partial charge in [-0.3, -0.25) is 0 Å². The Hall–Kier alpha value is -1.75. The summed E-state index contributed by atoms with van der Waals surface area (Å²) in [6.45, 7) is 6.51. The maximum atomic E-state index is 11.9. The number of rotatable bonds is 3. The lowest BCUT2D eigenvalue weighted by Gasteiger charge is -2.15. The van der Waals surface area contributed by atoms with Crippen molar-refractivity contribution >= 4 is 30.2 Å². The van der Waals surface area contributed by atoms with E-state index in [1.807, 2.05) is 18.2 Å². The van der Waals surface area contributed by atoms with Crippen LogP contribution in [0.1, 0.15) is 10.6 Å². The van der Waals surface area contributed by atoms with Crippen molar-refractivity contribution in [3.05, 3.63) is 24.0 Å². The molecule has 0 aliphatic carbocycles. The molecule has 0 unspecified atom stereocenters. The minimum atomic E-state index is -1.75.